The van der Waals surface area contributed by atoms with Gasteiger partial charge in [0, 0.05) is 19.8 Å². The largest absolute Gasteiger partial charge is 0.296 e. The molecule has 0 amide bonds. The van der Waals surface area contributed by atoms with Crippen LogP contribution < -0.4 is 0 Å². The fourth-order valence-corrected chi connectivity index (χ4v) is 11.9. The summed E-state index contributed by atoms with van der Waals surface area (Å²) in [6.07, 6.45) is 8.68. The maximum atomic E-state index is 13.3. The molecule has 7 rings (SSSR count). The van der Waals surface area contributed by atoms with Crippen LogP contribution in [0, 0.1) is 13.8 Å². The van der Waals surface area contributed by atoms with E-state index in [1.807, 2.05) is 13.8 Å². The molecule has 0 atom stereocenters. The van der Waals surface area contributed by atoms with Crippen LogP contribution in [0.15, 0.2) is 116 Å². The molecule has 58 heavy (non-hydrogen) atoms. The lowest BCUT2D eigenvalue weighted by atomic mass is 9.69. The quantitative estimate of drug-likeness (QED) is 0.0642. The van der Waals surface area contributed by atoms with Gasteiger partial charge < -0.3 is 0 Å². The number of unbranched alkanes of at least 4 members (excludes halogenated alkanes) is 2. The highest BCUT2D eigenvalue weighted by atomic mass is 79.9. The first-order valence-electron chi connectivity index (χ1n) is 20.5. The van der Waals surface area contributed by atoms with Crippen molar-refractivity contribution in [1.82, 2.24) is 0 Å². The summed E-state index contributed by atoms with van der Waals surface area (Å²) in [6.45, 7) is 8.38. The summed E-state index contributed by atoms with van der Waals surface area (Å²) in [6, 6.07) is 31.5. The van der Waals surface area contributed by atoms with E-state index in [9.17, 15) is 16.8 Å². The lowest BCUT2D eigenvalue weighted by molar-refractivity contribution is 0.270. The number of hydrogen-bond acceptors (Lipinski definition) is 6. The maximum Gasteiger partial charge on any atom is 0.296 e. The Labute approximate surface area is 362 Å². The summed E-state index contributed by atoms with van der Waals surface area (Å²) in [5, 5.41) is 0. The summed E-state index contributed by atoms with van der Waals surface area (Å²) in [5.74, 6) is 0. The maximum absolute atomic E-state index is 13.3. The molecule has 0 bridgehead atoms. The van der Waals surface area contributed by atoms with Crippen LogP contribution in [0.1, 0.15) is 111 Å². The predicted molar refractivity (Wildman–Crippen MR) is 240 cm³/mol. The van der Waals surface area contributed by atoms with Gasteiger partial charge >= 0.3 is 0 Å². The Bertz CT molecular complexity index is 2420. The third kappa shape index (κ3) is 8.31. The third-order valence-electron chi connectivity index (χ3n) is 12.3. The number of fused-ring (bicyclic) bond motifs is 6. The first-order chi connectivity index (χ1) is 27.7. The zero-order chi connectivity index (χ0) is 41.3. The van der Waals surface area contributed by atoms with Crippen LogP contribution in [0.2, 0.25) is 0 Å². The molecule has 0 radical (unpaired) electrons. The molecule has 0 saturated carbocycles. The van der Waals surface area contributed by atoms with Crippen LogP contribution in [-0.2, 0) is 39.4 Å². The van der Waals surface area contributed by atoms with E-state index in [1.54, 1.807) is 48.5 Å². The van der Waals surface area contributed by atoms with Crippen molar-refractivity contribution < 1.29 is 25.2 Å². The summed E-state index contributed by atoms with van der Waals surface area (Å²) in [7, 11) is -7.92. The average molecular weight is 949 g/mol. The highest BCUT2D eigenvalue weighted by Crippen LogP contribution is 2.61. The van der Waals surface area contributed by atoms with Crippen molar-refractivity contribution in [3.05, 3.63) is 139 Å². The van der Waals surface area contributed by atoms with Gasteiger partial charge in [-0.2, -0.15) is 16.8 Å². The molecule has 10 heteroatoms. The molecule has 5 aromatic rings. The van der Waals surface area contributed by atoms with Crippen molar-refractivity contribution in [2.75, 3.05) is 13.2 Å². The monoisotopic (exact) mass is 946 g/mol. The standard InChI is InChI=1S/C48H52Br2O6S2/c1-5-7-23-47(24-8-6-2)43-29-35(49)15-21-39(43)41-32-46-42(31-45(41)47)40-22-16-36(50)30-44(40)48(46,25-9-27-55-57(51,52)37-17-11-33(3)12-18-37)26-10-28-56-58(53,54)38-19-13-34(4)14-20-38/h11-22,29-32H,5-10,23-28H2,1-4H3. The topological polar surface area (TPSA) is 86.7 Å². The van der Waals surface area contributed by atoms with Gasteiger partial charge in [-0.15, -0.1) is 0 Å². The summed E-state index contributed by atoms with van der Waals surface area (Å²) >= 11 is 7.60. The Morgan fingerprint density at radius 2 is 0.810 bits per heavy atom. The SMILES string of the molecule is CCCCC1(CCCC)c2cc(Br)ccc2-c2cc3c(cc21)-c1ccc(Br)cc1C3(CCCOS(=O)(=O)c1ccc(C)cc1)CCCOS(=O)(=O)c1ccc(C)cc1. The second-order valence-corrected chi connectivity index (χ2v) is 21.1. The highest BCUT2D eigenvalue weighted by Gasteiger charge is 2.48. The third-order valence-corrected chi connectivity index (χ3v) is 15.9. The molecule has 0 unspecified atom stereocenters. The Morgan fingerprint density at radius 1 is 0.466 bits per heavy atom. The highest BCUT2D eigenvalue weighted by molar-refractivity contribution is 9.10. The van der Waals surface area contributed by atoms with Crippen LogP contribution in [-0.4, -0.2) is 30.0 Å². The minimum atomic E-state index is -3.96. The molecular formula is C48H52Br2O6S2. The van der Waals surface area contributed by atoms with Gasteiger partial charge in [-0.05, 0) is 158 Å². The van der Waals surface area contributed by atoms with Crippen LogP contribution in [0.5, 0.6) is 0 Å². The molecule has 5 aromatic carbocycles. The predicted octanol–water partition coefficient (Wildman–Crippen LogP) is 13.1. The van der Waals surface area contributed by atoms with Gasteiger partial charge in [-0.3, -0.25) is 8.37 Å². The van der Waals surface area contributed by atoms with Crippen molar-refractivity contribution in [2.45, 2.75) is 113 Å². The van der Waals surface area contributed by atoms with Gasteiger partial charge in [-0.25, -0.2) is 0 Å². The van der Waals surface area contributed by atoms with Crippen molar-refractivity contribution >= 4 is 52.1 Å². The smallest absolute Gasteiger partial charge is 0.266 e. The van der Waals surface area contributed by atoms with E-state index in [-0.39, 0.29) is 28.4 Å². The number of rotatable bonds is 18. The molecule has 2 aliphatic carbocycles. The normalized spacial score (nSPS) is 14.9. The van der Waals surface area contributed by atoms with Crippen LogP contribution in [0.25, 0.3) is 22.3 Å². The summed E-state index contributed by atoms with van der Waals surface area (Å²) in [5.41, 5.74) is 11.2. The van der Waals surface area contributed by atoms with Crippen molar-refractivity contribution in [1.29, 1.82) is 0 Å². The fourth-order valence-electron chi connectivity index (χ4n) is 9.34. The lowest BCUT2D eigenvalue weighted by Gasteiger charge is -2.34. The van der Waals surface area contributed by atoms with Crippen LogP contribution >= 0.6 is 31.9 Å². The summed E-state index contributed by atoms with van der Waals surface area (Å²) < 4.78 is 66.5. The average Bonchev–Trinajstić information content (AvgIpc) is 3.61. The van der Waals surface area contributed by atoms with Gasteiger partial charge in [0.05, 0.1) is 23.0 Å². The van der Waals surface area contributed by atoms with E-state index < -0.39 is 25.7 Å². The number of hydrogen-bond donors (Lipinski definition) is 0. The van der Waals surface area contributed by atoms with Crippen molar-refractivity contribution in [3.63, 3.8) is 0 Å². The second kappa shape index (κ2) is 17.5. The molecule has 2 aliphatic rings. The van der Waals surface area contributed by atoms with E-state index in [2.05, 4.69) is 94.2 Å². The van der Waals surface area contributed by atoms with E-state index in [4.69, 9.17) is 8.37 Å². The van der Waals surface area contributed by atoms with Crippen LogP contribution in [0.4, 0.5) is 0 Å². The van der Waals surface area contributed by atoms with Gasteiger partial charge in [0.15, 0.2) is 0 Å². The Hall–Kier alpha value is -3.12. The van der Waals surface area contributed by atoms with Crippen molar-refractivity contribution in [2.24, 2.45) is 0 Å². The molecule has 0 aliphatic heterocycles. The number of benzene rings is 5. The molecule has 0 heterocycles. The zero-order valence-corrected chi connectivity index (χ0v) is 38.5. The minimum absolute atomic E-state index is 0.00782. The molecular weight excluding hydrogens is 896 g/mol. The zero-order valence-electron chi connectivity index (χ0n) is 33.7. The van der Waals surface area contributed by atoms with Gasteiger partial charge in [0.1, 0.15) is 0 Å². The first kappa shape index (κ1) is 43.0. The van der Waals surface area contributed by atoms with E-state index in [0.29, 0.717) is 25.7 Å². The van der Waals surface area contributed by atoms with E-state index >= 15 is 0 Å². The van der Waals surface area contributed by atoms with Gasteiger partial charge in [0.25, 0.3) is 20.2 Å². The molecule has 306 valence electrons. The Kier molecular flexibility index (Phi) is 12.9. The van der Waals surface area contributed by atoms with Crippen molar-refractivity contribution in [3.8, 4) is 22.3 Å². The van der Waals surface area contributed by atoms with Gasteiger partial charge in [0.2, 0.25) is 0 Å². The van der Waals surface area contributed by atoms with E-state index in [0.717, 1.165) is 69.7 Å². The molecule has 0 saturated heterocycles. The second-order valence-electron chi connectivity index (χ2n) is 16.1. The lowest BCUT2D eigenvalue weighted by Crippen LogP contribution is -2.28. The number of halogens is 2. The molecule has 0 spiro atoms. The molecule has 0 fully saturated rings. The van der Waals surface area contributed by atoms with Gasteiger partial charge in [-0.1, -0.05) is 119 Å². The minimum Gasteiger partial charge on any atom is -0.266 e. The Morgan fingerprint density at radius 3 is 1.17 bits per heavy atom. The molecule has 0 aromatic heterocycles. The molecule has 0 N–H and O–H groups in total. The summed E-state index contributed by atoms with van der Waals surface area (Å²) in [4.78, 5) is 0.270. The Balaban J connectivity index is 1.31. The fraction of sp³-hybridized carbons (Fsp3) is 0.375. The van der Waals surface area contributed by atoms with Crippen LogP contribution in [0.3, 0.4) is 0 Å². The number of aryl methyl sites for hydroxylation is 2. The van der Waals surface area contributed by atoms with E-state index in [1.165, 1.54) is 33.4 Å². The molecule has 6 nitrogen and oxygen atoms in total. The first-order valence-corrected chi connectivity index (χ1v) is 24.9.